The molecule has 0 bridgehead atoms. The third-order valence-electron chi connectivity index (χ3n) is 3.17. The predicted molar refractivity (Wildman–Crippen MR) is 70.5 cm³/mol. The van der Waals surface area contributed by atoms with Crippen LogP contribution in [0.5, 0.6) is 0 Å². The molecule has 1 unspecified atom stereocenters. The van der Waals surface area contributed by atoms with Crippen molar-refractivity contribution in [3.05, 3.63) is 65.7 Å². The molecule has 3 heteroatoms. The van der Waals surface area contributed by atoms with Crippen LogP contribution < -0.4 is 0 Å². The quantitative estimate of drug-likeness (QED) is 0.819. The molecule has 2 rings (SSSR count). The zero-order chi connectivity index (χ0) is 13.0. The van der Waals surface area contributed by atoms with Crippen molar-refractivity contribution in [2.75, 3.05) is 7.05 Å². The van der Waals surface area contributed by atoms with E-state index in [-0.39, 0.29) is 11.9 Å². The van der Waals surface area contributed by atoms with Gasteiger partial charge in [-0.3, -0.25) is 9.88 Å². The maximum absolute atomic E-state index is 12.9. The molecule has 18 heavy (non-hydrogen) atoms. The molecule has 0 aliphatic carbocycles. The fourth-order valence-corrected chi connectivity index (χ4v) is 1.91. The Morgan fingerprint density at radius 1 is 1.22 bits per heavy atom. The summed E-state index contributed by atoms with van der Waals surface area (Å²) in [5.41, 5.74) is 2.29. The summed E-state index contributed by atoms with van der Waals surface area (Å²) >= 11 is 0. The number of aromatic nitrogens is 1. The van der Waals surface area contributed by atoms with Crippen LogP contribution in [-0.2, 0) is 6.54 Å². The highest BCUT2D eigenvalue weighted by Crippen LogP contribution is 2.20. The predicted octanol–water partition coefficient (Wildman–Crippen LogP) is 3.41. The molecule has 0 saturated carbocycles. The lowest BCUT2D eigenvalue weighted by molar-refractivity contribution is 0.252. The standard InChI is InChI=1S/C15H17FN2/c1-12(14-5-7-15(16)8-6-14)18(2)11-13-4-3-9-17-10-13/h3-10,12H,11H2,1-2H3. The highest BCUT2D eigenvalue weighted by Gasteiger charge is 2.11. The van der Waals surface area contributed by atoms with Crippen molar-refractivity contribution in [3.63, 3.8) is 0 Å². The van der Waals surface area contributed by atoms with E-state index in [1.54, 1.807) is 6.20 Å². The highest BCUT2D eigenvalue weighted by atomic mass is 19.1. The van der Waals surface area contributed by atoms with Gasteiger partial charge in [-0.2, -0.15) is 0 Å². The normalized spacial score (nSPS) is 12.7. The molecule has 1 aromatic heterocycles. The van der Waals surface area contributed by atoms with Crippen molar-refractivity contribution in [1.29, 1.82) is 0 Å². The molecule has 2 nitrogen and oxygen atoms in total. The van der Waals surface area contributed by atoms with E-state index in [9.17, 15) is 4.39 Å². The molecule has 0 radical (unpaired) electrons. The Morgan fingerprint density at radius 3 is 2.56 bits per heavy atom. The number of rotatable bonds is 4. The maximum atomic E-state index is 12.9. The van der Waals surface area contributed by atoms with Gasteiger partial charge in [0.05, 0.1) is 0 Å². The minimum atomic E-state index is -0.194. The molecular weight excluding hydrogens is 227 g/mol. The van der Waals surface area contributed by atoms with E-state index in [2.05, 4.69) is 29.9 Å². The van der Waals surface area contributed by atoms with Crippen LogP contribution in [0.3, 0.4) is 0 Å². The molecule has 1 atom stereocenters. The summed E-state index contributed by atoms with van der Waals surface area (Å²) in [6, 6.07) is 10.9. The van der Waals surface area contributed by atoms with Gasteiger partial charge in [0.25, 0.3) is 0 Å². The van der Waals surface area contributed by atoms with Gasteiger partial charge in [0.2, 0.25) is 0 Å². The Bertz CT molecular complexity index is 482. The molecule has 0 fully saturated rings. The molecule has 0 spiro atoms. The van der Waals surface area contributed by atoms with Gasteiger partial charge in [0.15, 0.2) is 0 Å². The lowest BCUT2D eigenvalue weighted by Crippen LogP contribution is -2.21. The first-order valence-electron chi connectivity index (χ1n) is 6.01. The molecule has 0 aliphatic rings. The van der Waals surface area contributed by atoms with E-state index >= 15 is 0 Å². The van der Waals surface area contributed by atoms with Crippen molar-refractivity contribution in [2.24, 2.45) is 0 Å². The second-order valence-corrected chi connectivity index (χ2v) is 4.50. The molecule has 94 valence electrons. The number of hydrogen-bond donors (Lipinski definition) is 0. The molecular formula is C15H17FN2. The van der Waals surface area contributed by atoms with Gasteiger partial charge in [-0.05, 0) is 43.3 Å². The average molecular weight is 244 g/mol. The SMILES string of the molecule is CC(c1ccc(F)cc1)N(C)Cc1cccnc1. The summed E-state index contributed by atoms with van der Waals surface area (Å²) in [6.45, 7) is 2.94. The number of benzene rings is 1. The van der Waals surface area contributed by atoms with Crippen LogP contribution >= 0.6 is 0 Å². The van der Waals surface area contributed by atoms with Crippen molar-refractivity contribution >= 4 is 0 Å². The van der Waals surface area contributed by atoms with Crippen LogP contribution in [0.15, 0.2) is 48.8 Å². The summed E-state index contributed by atoms with van der Waals surface area (Å²) in [7, 11) is 2.06. The number of pyridine rings is 1. The maximum Gasteiger partial charge on any atom is 0.123 e. The van der Waals surface area contributed by atoms with E-state index in [1.165, 1.54) is 17.7 Å². The van der Waals surface area contributed by atoms with Crippen molar-refractivity contribution in [1.82, 2.24) is 9.88 Å². The second kappa shape index (κ2) is 5.74. The summed E-state index contributed by atoms with van der Waals surface area (Å²) in [4.78, 5) is 6.32. The van der Waals surface area contributed by atoms with Crippen LogP contribution in [0.1, 0.15) is 24.1 Å². The van der Waals surface area contributed by atoms with Gasteiger partial charge in [0.1, 0.15) is 5.82 Å². The van der Waals surface area contributed by atoms with Crippen LogP contribution in [0.4, 0.5) is 4.39 Å². The zero-order valence-electron chi connectivity index (χ0n) is 10.7. The lowest BCUT2D eigenvalue weighted by atomic mass is 10.1. The van der Waals surface area contributed by atoms with Crippen LogP contribution in [0, 0.1) is 5.82 Å². The Labute approximate surface area is 107 Å². The summed E-state index contributed by atoms with van der Waals surface area (Å²) in [5.74, 6) is -0.194. The van der Waals surface area contributed by atoms with Gasteiger partial charge in [0, 0.05) is 25.0 Å². The van der Waals surface area contributed by atoms with E-state index in [1.807, 2.05) is 24.4 Å². The fraction of sp³-hybridized carbons (Fsp3) is 0.267. The van der Waals surface area contributed by atoms with Gasteiger partial charge in [-0.15, -0.1) is 0 Å². The first-order chi connectivity index (χ1) is 8.66. The number of hydrogen-bond acceptors (Lipinski definition) is 2. The molecule has 0 aliphatic heterocycles. The van der Waals surface area contributed by atoms with Crippen LogP contribution in [-0.4, -0.2) is 16.9 Å². The molecule has 0 N–H and O–H groups in total. The second-order valence-electron chi connectivity index (χ2n) is 4.50. The largest absolute Gasteiger partial charge is 0.295 e. The number of nitrogens with zero attached hydrogens (tertiary/aromatic N) is 2. The van der Waals surface area contributed by atoms with Gasteiger partial charge >= 0.3 is 0 Å². The van der Waals surface area contributed by atoms with E-state index in [0.29, 0.717) is 0 Å². The van der Waals surface area contributed by atoms with Crippen molar-refractivity contribution in [2.45, 2.75) is 19.5 Å². The molecule has 2 aromatic rings. The molecule has 0 saturated heterocycles. The Kier molecular flexibility index (Phi) is 4.05. The average Bonchev–Trinajstić information content (AvgIpc) is 2.40. The zero-order valence-corrected chi connectivity index (χ0v) is 10.7. The number of halogens is 1. The first kappa shape index (κ1) is 12.7. The third-order valence-corrected chi connectivity index (χ3v) is 3.17. The van der Waals surface area contributed by atoms with E-state index in [4.69, 9.17) is 0 Å². The lowest BCUT2D eigenvalue weighted by Gasteiger charge is -2.25. The fourth-order valence-electron chi connectivity index (χ4n) is 1.91. The Hall–Kier alpha value is -1.74. The smallest absolute Gasteiger partial charge is 0.123 e. The summed E-state index contributed by atoms with van der Waals surface area (Å²) in [5, 5.41) is 0. The van der Waals surface area contributed by atoms with Crippen LogP contribution in [0.25, 0.3) is 0 Å². The molecule has 1 aromatic carbocycles. The van der Waals surface area contributed by atoms with E-state index in [0.717, 1.165) is 12.1 Å². The highest BCUT2D eigenvalue weighted by molar-refractivity contribution is 5.19. The monoisotopic (exact) mass is 244 g/mol. The van der Waals surface area contributed by atoms with Gasteiger partial charge in [-0.25, -0.2) is 4.39 Å². The summed E-state index contributed by atoms with van der Waals surface area (Å²) in [6.07, 6.45) is 3.64. The first-order valence-corrected chi connectivity index (χ1v) is 6.01. The Balaban J connectivity index is 2.05. The topological polar surface area (TPSA) is 16.1 Å². The van der Waals surface area contributed by atoms with Gasteiger partial charge in [-0.1, -0.05) is 18.2 Å². The third kappa shape index (κ3) is 3.14. The summed E-state index contributed by atoms with van der Waals surface area (Å²) < 4.78 is 12.9. The minimum absolute atomic E-state index is 0.194. The van der Waals surface area contributed by atoms with Crippen molar-refractivity contribution < 1.29 is 4.39 Å². The molecule has 0 amide bonds. The Morgan fingerprint density at radius 2 is 1.94 bits per heavy atom. The van der Waals surface area contributed by atoms with Crippen molar-refractivity contribution in [3.8, 4) is 0 Å². The van der Waals surface area contributed by atoms with Gasteiger partial charge < -0.3 is 0 Å². The minimum Gasteiger partial charge on any atom is -0.295 e. The molecule has 1 heterocycles. The van der Waals surface area contributed by atoms with Crippen LogP contribution in [0.2, 0.25) is 0 Å². The van der Waals surface area contributed by atoms with E-state index < -0.39 is 0 Å².